The van der Waals surface area contributed by atoms with Gasteiger partial charge in [0.05, 0.1) is 0 Å². The number of carbonyl (C=O) groups is 1. The van der Waals surface area contributed by atoms with Crippen LogP contribution < -0.4 is 4.74 Å². The topological polar surface area (TPSA) is 75.3 Å². The van der Waals surface area contributed by atoms with Gasteiger partial charge in [-0.25, -0.2) is 4.79 Å². The minimum atomic E-state index is -0.993. The number of hydrogen-bond acceptors (Lipinski definition) is 3. The number of carboxylic acid groups (broad SMARTS) is 1. The van der Waals surface area contributed by atoms with Crippen LogP contribution >= 0.6 is 0 Å². The first-order valence-corrected chi connectivity index (χ1v) is 12.3. The van der Waals surface area contributed by atoms with Crippen molar-refractivity contribution in [2.24, 2.45) is 0 Å². The molecule has 0 unspecified atom stereocenters. The number of carboxylic acids is 1. The summed E-state index contributed by atoms with van der Waals surface area (Å²) in [5.41, 5.74) is 4.90. The molecule has 1 aromatic heterocycles. The molecule has 0 radical (unpaired) electrons. The van der Waals surface area contributed by atoms with E-state index in [1.807, 2.05) is 97.1 Å². The number of aromatic nitrogens is 1. The highest BCUT2D eigenvalue weighted by Gasteiger charge is 2.17. The lowest BCUT2D eigenvalue weighted by atomic mass is 10.0. The Labute approximate surface area is 219 Å². The summed E-state index contributed by atoms with van der Waals surface area (Å²) in [6.07, 6.45) is 1.27. The molecule has 1 heterocycles. The van der Waals surface area contributed by atoms with Crippen LogP contribution in [-0.2, 0) is 6.54 Å². The molecule has 5 aromatic carbocycles. The van der Waals surface area contributed by atoms with Crippen molar-refractivity contribution in [1.29, 1.82) is 5.41 Å². The van der Waals surface area contributed by atoms with Crippen LogP contribution in [0.15, 0.2) is 115 Å². The second kappa shape index (κ2) is 9.71. The average molecular weight is 497 g/mol. The largest absolute Gasteiger partial charge is 0.477 e. The number of hydrogen-bond donors (Lipinski definition) is 2. The molecule has 6 rings (SSSR count). The van der Waals surface area contributed by atoms with Crippen molar-refractivity contribution < 1.29 is 14.6 Å². The smallest absolute Gasteiger partial charge is 0.352 e. The highest BCUT2D eigenvalue weighted by atomic mass is 16.5. The van der Waals surface area contributed by atoms with Crippen molar-refractivity contribution in [1.82, 2.24) is 4.57 Å². The van der Waals surface area contributed by atoms with Crippen LogP contribution in [0.5, 0.6) is 11.5 Å². The van der Waals surface area contributed by atoms with Crippen molar-refractivity contribution in [2.45, 2.75) is 6.54 Å². The molecule has 0 fully saturated rings. The van der Waals surface area contributed by atoms with E-state index in [-0.39, 0.29) is 5.69 Å². The fraction of sp³-hybridized carbons (Fsp3) is 0.0303. The minimum absolute atomic E-state index is 0.203. The summed E-state index contributed by atoms with van der Waals surface area (Å²) in [7, 11) is 0. The van der Waals surface area contributed by atoms with E-state index < -0.39 is 5.97 Å². The molecule has 0 aliphatic rings. The third kappa shape index (κ3) is 4.42. The summed E-state index contributed by atoms with van der Waals surface area (Å²) < 4.78 is 8.08. The lowest BCUT2D eigenvalue weighted by Gasteiger charge is -2.15. The Morgan fingerprint density at radius 2 is 1.50 bits per heavy atom. The highest BCUT2D eigenvalue weighted by molar-refractivity contribution is 5.97. The number of fused-ring (bicyclic) bond motifs is 2. The summed E-state index contributed by atoms with van der Waals surface area (Å²) in [4.78, 5) is 12.1. The Bertz CT molecular complexity index is 1800. The predicted molar refractivity (Wildman–Crippen MR) is 152 cm³/mol. The fourth-order valence-corrected chi connectivity index (χ4v) is 4.91. The molecule has 0 atom stereocenters. The Morgan fingerprint density at radius 3 is 2.26 bits per heavy atom. The molecule has 184 valence electrons. The second-order valence-electron chi connectivity index (χ2n) is 9.18. The Morgan fingerprint density at radius 1 is 0.763 bits per heavy atom. The number of nitrogens with one attached hydrogen (secondary N) is 1. The molecule has 0 aliphatic heterocycles. The minimum Gasteiger partial charge on any atom is -0.477 e. The van der Waals surface area contributed by atoms with E-state index in [9.17, 15) is 9.90 Å². The van der Waals surface area contributed by atoms with Crippen LogP contribution in [0.1, 0.15) is 21.6 Å². The van der Waals surface area contributed by atoms with Gasteiger partial charge in [0.2, 0.25) is 0 Å². The van der Waals surface area contributed by atoms with Crippen LogP contribution in [0.4, 0.5) is 0 Å². The van der Waals surface area contributed by atoms with Crippen LogP contribution in [0.3, 0.4) is 0 Å². The molecular weight excluding hydrogens is 472 g/mol. The van der Waals surface area contributed by atoms with Gasteiger partial charge in [-0.15, -0.1) is 0 Å². The molecule has 2 N–H and O–H groups in total. The molecule has 0 aliphatic carbocycles. The Balaban J connectivity index is 1.40. The van der Waals surface area contributed by atoms with Crippen molar-refractivity contribution in [3.05, 3.63) is 132 Å². The molecule has 5 heteroatoms. The van der Waals surface area contributed by atoms with Gasteiger partial charge < -0.3 is 19.8 Å². The van der Waals surface area contributed by atoms with Gasteiger partial charge in [0.15, 0.2) is 0 Å². The van der Waals surface area contributed by atoms with E-state index in [1.54, 1.807) is 10.6 Å². The molecule has 0 spiro atoms. The maximum absolute atomic E-state index is 12.1. The molecule has 0 amide bonds. The third-order valence-corrected chi connectivity index (χ3v) is 6.76. The lowest BCUT2D eigenvalue weighted by molar-refractivity contribution is 0.0686. The highest BCUT2D eigenvalue weighted by Crippen LogP contribution is 2.32. The maximum atomic E-state index is 12.1. The molecule has 0 bridgehead atoms. The van der Waals surface area contributed by atoms with Gasteiger partial charge >= 0.3 is 5.97 Å². The summed E-state index contributed by atoms with van der Waals surface area (Å²) in [6.45, 7) is 0.344. The van der Waals surface area contributed by atoms with Gasteiger partial charge in [0.1, 0.15) is 17.2 Å². The number of benzene rings is 5. The lowest BCUT2D eigenvalue weighted by Crippen LogP contribution is -2.10. The van der Waals surface area contributed by atoms with E-state index in [1.165, 1.54) is 6.21 Å². The van der Waals surface area contributed by atoms with Gasteiger partial charge in [0.25, 0.3) is 0 Å². The van der Waals surface area contributed by atoms with E-state index in [4.69, 9.17) is 10.1 Å². The summed E-state index contributed by atoms with van der Waals surface area (Å²) in [5, 5.41) is 20.4. The van der Waals surface area contributed by atoms with Crippen molar-refractivity contribution in [3.8, 4) is 22.6 Å². The standard InChI is InChI=1S/C33H24N2O3/c34-20-22-10-11-26-19-32(33(36)37)35(31(26)16-22)21-27-18-29(17-25-8-4-5-9-30(25)27)38-28-14-12-24(13-15-28)23-6-2-1-3-7-23/h1-20,34H,21H2,(H,36,37). The zero-order valence-electron chi connectivity index (χ0n) is 20.5. The van der Waals surface area contributed by atoms with E-state index in [2.05, 4.69) is 12.1 Å². The van der Waals surface area contributed by atoms with Gasteiger partial charge in [-0.1, -0.05) is 78.9 Å². The van der Waals surface area contributed by atoms with Gasteiger partial charge in [-0.05, 0) is 69.4 Å². The number of nitrogens with zero attached hydrogens (tertiary/aromatic N) is 1. The van der Waals surface area contributed by atoms with E-state index >= 15 is 0 Å². The monoisotopic (exact) mass is 496 g/mol. The van der Waals surface area contributed by atoms with Gasteiger partial charge in [0, 0.05) is 23.7 Å². The fourth-order valence-electron chi connectivity index (χ4n) is 4.91. The molecule has 0 saturated heterocycles. The van der Waals surface area contributed by atoms with Crippen LogP contribution in [-0.4, -0.2) is 21.9 Å². The van der Waals surface area contributed by atoms with E-state index in [0.717, 1.165) is 49.7 Å². The van der Waals surface area contributed by atoms with Crippen LogP contribution in [0.25, 0.3) is 32.8 Å². The number of aromatic carboxylic acids is 1. The van der Waals surface area contributed by atoms with E-state index in [0.29, 0.717) is 12.3 Å². The number of rotatable bonds is 7. The number of ether oxygens (including phenoxy) is 1. The zero-order chi connectivity index (χ0) is 26.1. The SMILES string of the molecule is N=Cc1ccc2cc(C(=O)O)n(Cc3cc(Oc4ccc(-c5ccccc5)cc4)cc4ccccc34)c2c1. The van der Waals surface area contributed by atoms with Crippen molar-refractivity contribution >= 4 is 33.9 Å². The van der Waals surface area contributed by atoms with Crippen LogP contribution in [0.2, 0.25) is 0 Å². The predicted octanol–water partition coefficient (Wildman–Crippen LogP) is 8.00. The summed E-state index contributed by atoms with van der Waals surface area (Å²) >= 11 is 0. The first-order chi connectivity index (χ1) is 18.6. The van der Waals surface area contributed by atoms with Crippen molar-refractivity contribution in [3.63, 3.8) is 0 Å². The van der Waals surface area contributed by atoms with Gasteiger partial charge in [-0.3, -0.25) is 0 Å². The molecule has 38 heavy (non-hydrogen) atoms. The molecule has 5 nitrogen and oxygen atoms in total. The average Bonchev–Trinajstić information content (AvgIpc) is 3.31. The zero-order valence-corrected chi connectivity index (χ0v) is 20.5. The van der Waals surface area contributed by atoms with Crippen LogP contribution in [0, 0.1) is 5.41 Å². The Kier molecular flexibility index (Phi) is 5.94. The quantitative estimate of drug-likeness (QED) is 0.220. The summed E-state index contributed by atoms with van der Waals surface area (Å²) in [5.74, 6) is 0.409. The summed E-state index contributed by atoms with van der Waals surface area (Å²) in [6, 6.07) is 37.4. The maximum Gasteiger partial charge on any atom is 0.352 e. The second-order valence-corrected chi connectivity index (χ2v) is 9.18. The molecule has 0 saturated carbocycles. The first kappa shape index (κ1) is 23.3. The van der Waals surface area contributed by atoms with Gasteiger partial charge in [-0.2, -0.15) is 0 Å². The first-order valence-electron chi connectivity index (χ1n) is 12.3. The van der Waals surface area contributed by atoms with Crippen molar-refractivity contribution in [2.75, 3.05) is 0 Å². The third-order valence-electron chi connectivity index (χ3n) is 6.76. The normalized spacial score (nSPS) is 11.1. The molecule has 6 aromatic rings. The molecular formula is C33H24N2O3. The Hall–Kier alpha value is -5.16.